The summed E-state index contributed by atoms with van der Waals surface area (Å²) in [5.74, 6) is -5.41. The highest BCUT2D eigenvalue weighted by Gasteiger charge is 2.30. The van der Waals surface area contributed by atoms with Crippen molar-refractivity contribution in [2.45, 2.75) is 56.8 Å². The Morgan fingerprint density at radius 1 is 0.903 bits per heavy atom. The molecule has 4 atom stereocenters. The van der Waals surface area contributed by atoms with Gasteiger partial charge in [0.25, 0.3) is 0 Å². The van der Waals surface area contributed by atoms with Gasteiger partial charge in [-0.15, -0.1) is 0 Å². The summed E-state index contributed by atoms with van der Waals surface area (Å²) in [6.07, 6.45) is 0.856. The fourth-order valence-electron chi connectivity index (χ4n) is 2.25. The van der Waals surface area contributed by atoms with E-state index in [9.17, 15) is 28.8 Å². The van der Waals surface area contributed by atoms with Crippen LogP contribution in [0.3, 0.4) is 0 Å². The molecule has 31 heavy (non-hydrogen) atoms. The molecule has 0 bridgehead atoms. The van der Waals surface area contributed by atoms with Gasteiger partial charge in [0.2, 0.25) is 23.6 Å². The van der Waals surface area contributed by atoms with Crippen LogP contribution in [0.15, 0.2) is 0 Å². The maximum absolute atomic E-state index is 12.7. The molecule has 0 aromatic rings. The maximum atomic E-state index is 12.7. The predicted octanol–water partition coefficient (Wildman–Crippen LogP) is -2.63. The van der Waals surface area contributed by atoms with Gasteiger partial charge < -0.3 is 37.6 Å². The monoisotopic (exact) mass is 463 g/mol. The standard InChI is InChI=1S/C17H29N5O8S/c1-8(17(29)30)20-16(28)11(7-12(19)23)22-15(27)10(5-6-31-2)21-14(26)9(18)3-4-13(24)25/h8-11H,3-7,18H2,1-2H3,(H2,19,23)(H,20,28)(H,21,26)(H,22,27)(H,24,25)(H,29,30). The molecular formula is C17H29N5O8S. The molecule has 0 aromatic heterocycles. The number of hydrogen-bond donors (Lipinski definition) is 7. The van der Waals surface area contributed by atoms with Gasteiger partial charge in [-0.2, -0.15) is 11.8 Å². The van der Waals surface area contributed by atoms with Crippen LogP contribution in [0.25, 0.3) is 0 Å². The third-order valence-electron chi connectivity index (χ3n) is 4.02. The molecule has 13 nitrogen and oxygen atoms in total. The van der Waals surface area contributed by atoms with Crippen LogP contribution in [0.1, 0.15) is 32.6 Å². The molecule has 0 radical (unpaired) electrons. The van der Waals surface area contributed by atoms with Gasteiger partial charge in [-0.3, -0.25) is 28.8 Å². The largest absolute Gasteiger partial charge is 0.481 e. The topological polar surface area (TPSA) is 231 Å². The summed E-state index contributed by atoms with van der Waals surface area (Å²) >= 11 is 1.39. The molecule has 176 valence electrons. The van der Waals surface area contributed by atoms with E-state index in [2.05, 4.69) is 16.0 Å². The third-order valence-corrected chi connectivity index (χ3v) is 4.66. The number of rotatable bonds is 15. The van der Waals surface area contributed by atoms with Crippen LogP contribution in [0, 0.1) is 0 Å². The van der Waals surface area contributed by atoms with E-state index in [-0.39, 0.29) is 19.3 Å². The number of carbonyl (C=O) groups is 6. The van der Waals surface area contributed by atoms with E-state index in [1.165, 1.54) is 18.7 Å². The number of hydrogen-bond acceptors (Lipinski definition) is 8. The molecule has 0 rings (SSSR count). The lowest BCUT2D eigenvalue weighted by Gasteiger charge is -2.24. The van der Waals surface area contributed by atoms with Crippen LogP contribution in [0.4, 0.5) is 0 Å². The summed E-state index contributed by atoms with van der Waals surface area (Å²) in [6.45, 7) is 1.20. The number of carboxylic acids is 2. The Kier molecular flexibility index (Phi) is 12.9. The second-order valence-corrected chi connectivity index (χ2v) is 7.67. The molecule has 4 unspecified atom stereocenters. The van der Waals surface area contributed by atoms with Crippen LogP contribution in [-0.4, -0.2) is 82.0 Å². The molecule has 0 saturated heterocycles. The van der Waals surface area contributed by atoms with E-state index in [4.69, 9.17) is 21.7 Å². The van der Waals surface area contributed by atoms with E-state index in [0.29, 0.717) is 5.75 Å². The van der Waals surface area contributed by atoms with Crippen molar-refractivity contribution in [3.8, 4) is 0 Å². The average Bonchev–Trinajstić information content (AvgIpc) is 2.67. The van der Waals surface area contributed by atoms with Gasteiger partial charge in [-0.25, -0.2) is 0 Å². The zero-order valence-electron chi connectivity index (χ0n) is 17.3. The first-order chi connectivity index (χ1) is 14.4. The second kappa shape index (κ2) is 14.2. The Morgan fingerprint density at radius 2 is 1.45 bits per heavy atom. The van der Waals surface area contributed by atoms with Crippen LogP contribution >= 0.6 is 11.8 Å². The van der Waals surface area contributed by atoms with Crippen molar-refractivity contribution in [1.82, 2.24) is 16.0 Å². The number of nitrogens with two attached hydrogens (primary N) is 2. The number of aliphatic carboxylic acids is 2. The first-order valence-corrected chi connectivity index (χ1v) is 10.7. The summed E-state index contributed by atoms with van der Waals surface area (Å²) in [6, 6.07) is -5.03. The minimum Gasteiger partial charge on any atom is -0.481 e. The van der Waals surface area contributed by atoms with Crippen molar-refractivity contribution in [3.05, 3.63) is 0 Å². The Morgan fingerprint density at radius 3 is 1.94 bits per heavy atom. The third kappa shape index (κ3) is 11.8. The number of thioether (sulfide) groups is 1. The number of nitrogens with one attached hydrogen (secondary N) is 3. The molecular weight excluding hydrogens is 434 g/mol. The Hall–Kier alpha value is -2.87. The molecule has 0 spiro atoms. The van der Waals surface area contributed by atoms with Crippen LogP contribution in [0.2, 0.25) is 0 Å². The highest BCUT2D eigenvalue weighted by atomic mass is 32.2. The highest BCUT2D eigenvalue weighted by Crippen LogP contribution is 2.05. The summed E-state index contributed by atoms with van der Waals surface area (Å²) in [7, 11) is 0. The molecule has 0 aromatic carbocycles. The van der Waals surface area contributed by atoms with Crippen molar-refractivity contribution in [1.29, 1.82) is 0 Å². The van der Waals surface area contributed by atoms with Gasteiger partial charge in [0, 0.05) is 6.42 Å². The number of carboxylic acid groups (broad SMARTS) is 2. The fourth-order valence-corrected chi connectivity index (χ4v) is 2.72. The number of amides is 4. The molecule has 14 heteroatoms. The van der Waals surface area contributed by atoms with Crippen molar-refractivity contribution in [2.75, 3.05) is 12.0 Å². The minimum atomic E-state index is -1.46. The number of primary amides is 1. The normalized spacial score (nSPS) is 14.4. The molecule has 0 heterocycles. The molecule has 0 aliphatic carbocycles. The SMILES string of the molecule is CSCCC(NC(=O)C(N)CCC(=O)O)C(=O)NC(CC(N)=O)C(=O)NC(C)C(=O)O. The lowest BCUT2D eigenvalue weighted by molar-refractivity contribution is -0.142. The van der Waals surface area contributed by atoms with Crippen molar-refractivity contribution in [3.63, 3.8) is 0 Å². The summed E-state index contributed by atoms with van der Waals surface area (Å²) in [5, 5.41) is 24.4. The minimum absolute atomic E-state index is 0.141. The van der Waals surface area contributed by atoms with Crippen molar-refractivity contribution < 1.29 is 39.0 Å². The van der Waals surface area contributed by atoms with Crippen LogP contribution in [-0.2, 0) is 28.8 Å². The fraction of sp³-hybridized carbons (Fsp3) is 0.647. The van der Waals surface area contributed by atoms with Gasteiger partial charge in [-0.05, 0) is 31.8 Å². The Labute approximate surface area is 183 Å². The van der Waals surface area contributed by atoms with Gasteiger partial charge in [0.05, 0.1) is 12.5 Å². The van der Waals surface area contributed by atoms with Gasteiger partial charge in [0.1, 0.15) is 18.1 Å². The average molecular weight is 464 g/mol. The summed E-state index contributed by atoms with van der Waals surface area (Å²) in [5.41, 5.74) is 10.8. The number of carbonyl (C=O) groups excluding carboxylic acids is 4. The zero-order valence-corrected chi connectivity index (χ0v) is 18.1. The van der Waals surface area contributed by atoms with E-state index in [1.54, 1.807) is 6.26 Å². The second-order valence-electron chi connectivity index (χ2n) is 6.68. The van der Waals surface area contributed by atoms with E-state index in [1.807, 2.05) is 0 Å². The first kappa shape index (κ1) is 28.1. The van der Waals surface area contributed by atoms with Crippen LogP contribution in [0.5, 0.6) is 0 Å². The molecule has 0 saturated carbocycles. The van der Waals surface area contributed by atoms with Gasteiger partial charge in [0.15, 0.2) is 0 Å². The lowest BCUT2D eigenvalue weighted by Crippen LogP contribution is -2.57. The highest BCUT2D eigenvalue weighted by molar-refractivity contribution is 7.98. The van der Waals surface area contributed by atoms with E-state index < -0.39 is 66.2 Å². The first-order valence-electron chi connectivity index (χ1n) is 9.27. The van der Waals surface area contributed by atoms with E-state index in [0.717, 1.165) is 0 Å². The smallest absolute Gasteiger partial charge is 0.325 e. The van der Waals surface area contributed by atoms with Gasteiger partial charge >= 0.3 is 11.9 Å². The quantitative estimate of drug-likeness (QED) is 0.133. The Balaban J connectivity index is 5.29. The van der Waals surface area contributed by atoms with E-state index >= 15 is 0 Å². The maximum Gasteiger partial charge on any atom is 0.325 e. The van der Waals surface area contributed by atoms with Crippen molar-refractivity contribution in [2.24, 2.45) is 11.5 Å². The molecule has 0 aliphatic rings. The summed E-state index contributed by atoms with van der Waals surface area (Å²) in [4.78, 5) is 70.0. The predicted molar refractivity (Wildman–Crippen MR) is 111 cm³/mol. The van der Waals surface area contributed by atoms with Crippen LogP contribution < -0.4 is 27.4 Å². The molecule has 4 amide bonds. The summed E-state index contributed by atoms with van der Waals surface area (Å²) < 4.78 is 0. The lowest BCUT2D eigenvalue weighted by atomic mass is 10.1. The van der Waals surface area contributed by atoms with Crippen molar-refractivity contribution >= 4 is 47.3 Å². The molecule has 9 N–H and O–H groups in total. The molecule has 0 fully saturated rings. The molecule has 0 aliphatic heterocycles. The Bertz CT molecular complexity index is 689. The zero-order chi connectivity index (χ0) is 24.1. The van der Waals surface area contributed by atoms with Gasteiger partial charge in [-0.1, -0.05) is 0 Å².